The average Bonchev–Trinajstić information content (AvgIpc) is 3.31. The van der Waals surface area contributed by atoms with Gasteiger partial charge in [-0.3, -0.25) is 19.7 Å². The Labute approximate surface area is 170 Å². The molecule has 1 aromatic rings. The Hall–Kier alpha value is -2.29. The molecule has 0 radical (unpaired) electrons. The maximum atomic E-state index is 13.2. The number of carbonyl (C=O) groups excluding carboxylic acids is 3. The van der Waals surface area contributed by atoms with E-state index in [1.165, 1.54) is 0 Å². The summed E-state index contributed by atoms with van der Waals surface area (Å²) in [7, 11) is 1.71. The summed E-state index contributed by atoms with van der Waals surface area (Å²) in [6.07, 6.45) is 2.56. The van der Waals surface area contributed by atoms with E-state index in [9.17, 15) is 14.4 Å². The van der Waals surface area contributed by atoms with Crippen LogP contribution in [0.15, 0.2) is 18.2 Å². The first-order chi connectivity index (χ1) is 14.0. The molecule has 3 aliphatic rings. The molecule has 0 aliphatic carbocycles. The van der Waals surface area contributed by atoms with Crippen molar-refractivity contribution in [3.05, 3.63) is 34.9 Å². The standard InChI is InChI=1S/C21H28N4O4/c1-29-10-8-21(7-9-22-13-21)23-11-14-3-2-4-15-12-25(20(28)18(14)15)16-5-6-17(26)24-19(16)27/h2-4,16,22-23H,5-13H2,1H3,(H,24,26,27). The highest BCUT2D eigenvalue weighted by Crippen LogP contribution is 2.30. The zero-order valence-electron chi connectivity index (χ0n) is 16.8. The Morgan fingerprint density at radius 3 is 2.90 bits per heavy atom. The second-order valence-electron chi connectivity index (χ2n) is 8.15. The number of piperidine rings is 1. The molecule has 0 spiro atoms. The van der Waals surface area contributed by atoms with E-state index in [1.54, 1.807) is 12.0 Å². The first-order valence-corrected chi connectivity index (χ1v) is 10.2. The number of hydrogen-bond donors (Lipinski definition) is 3. The van der Waals surface area contributed by atoms with Gasteiger partial charge in [0.15, 0.2) is 0 Å². The molecule has 8 heteroatoms. The van der Waals surface area contributed by atoms with Gasteiger partial charge in [0.1, 0.15) is 6.04 Å². The molecule has 4 rings (SSSR count). The minimum atomic E-state index is -0.583. The Balaban J connectivity index is 1.50. The molecule has 2 saturated heterocycles. The van der Waals surface area contributed by atoms with Gasteiger partial charge in [0.2, 0.25) is 11.8 Å². The van der Waals surface area contributed by atoms with Crippen molar-refractivity contribution in [2.75, 3.05) is 26.8 Å². The number of carbonyl (C=O) groups is 3. The van der Waals surface area contributed by atoms with Gasteiger partial charge < -0.3 is 20.3 Å². The molecule has 3 heterocycles. The number of nitrogens with zero attached hydrogens (tertiary/aromatic N) is 1. The number of amides is 3. The number of hydrogen-bond acceptors (Lipinski definition) is 6. The Morgan fingerprint density at radius 2 is 2.17 bits per heavy atom. The van der Waals surface area contributed by atoms with E-state index in [-0.39, 0.29) is 29.7 Å². The molecule has 29 heavy (non-hydrogen) atoms. The van der Waals surface area contributed by atoms with Gasteiger partial charge >= 0.3 is 0 Å². The molecule has 2 atom stereocenters. The molecule has 8 nitrogen and oxygen atoms in total. The van der Waals surface area contributed by atoms with Crippen molar-refractivity contribution in [1.29, 1.82) is 0 Å². The summed E-state index contributed by atoms with van der Waals surface area (Å²) in [5, 5.41) is 9.43. The van der Waals surface area contributed by atoms with Crippen LogP contribution in [0, 0.1) is 0 Å². The molecule has 2 fully saturated rings. The van der Waals surface area contributed by atoms with Crippen molar-refractivity contribution in [2.45, 2.75) is 50.4 Å². The van der Waals surface area contributed by atoms with Gasteiger partial charge in [-0.15, -0.1) is 0 Å². The van der Waals surface area contributed by atoms with Gasteiger partial charge in [-0.25, -0.2) is 0 Å². The van der Waals surface area contributed by atoms with E-state index in [4.69, 9.17) is 4.74 Å². The van der Waals surface area contributed by atoms with Crippen LogP contribution in [-0.2, 0) is 27.4 Å². The van der Waals surface area contributed by atoms with E-state index in [0.29, 0.717) is 31.7 Å². The Kier molecular flexibility index (Phi) is 5.67. The van der Waals surface area contributed by atoms with Crippen LogP contribution in [0.2, 0.25) is 0 Å². The number of benzene rings is 1. The maximum absolute atomic E-state index is 13.2. The largest absolute Gasteiger partial charge is 0.385 e. The number of imide groups is 1. The smallest absolute Gasteiger partial charge is 0.255 e. The van der Waals surface area contributed by atoms with Gasteiger partial charge in [-0.2, -0.15) is 0 Å². The SMILES string of the molecule is COCCC1(NCc2cccc3c2C(=O)N(C2CCC(=O)NC2=O)C3)CCNC1. The fourth-order valence-electron chi connectivity index (χ4n) is 4.61. The van der Waals surface area contributed by atoms with Gasteiger partial charge in [0.25, 0.3) is 5.91 Å². The number of nitrogens with one attached hydrogen (secondary N) is 3. The van der Waals surface area contributed by atoms with Crippen LogP contribution in [0.25, 0.3) is 0 Å². The van der Waals surface area contributed by atoms with E-state index in [0.717, 1.165) is 37.1 Å². The van der Waals surface area contributed by atoms with Gasteiger partial charge in [0.05, 0.1) is 0 Å². The number of methoxy groups -OCH3 is 1. The maximum Gasteiger partial charge on any atom is 0.255 e. The molecule has 3 N–H and O–H groups in total. The Morgan fingerprint density at radius 1 is 1.31 bits per heavy atom. The van der Waals surface area contributed by atoms with Gasteiger partial charge in [-0.05, 0) is 36.9 Å². The van der Waals surface area contributed by atoms with Crippen molar-refractivity contribution in [3.63, 3.8) is 0 Å². The van der Waals surface area contributed by atoms with E-state index >= 15 is 0 Å². The number of rotatable bonds is 7. The second-order valence-corrected chi connectivity index (χ2v) is 8.15. The summed E-state index contributed by atoms with van der Waals surface area (Å²) < 4.78 is 5.28. The van der Waals surface area contributed by atoms with Crippen LogP contribution in [0.5, 0.6) is 0 Å². The van der Waals surface area contributed by atoms with Crippen molar-refractivity contribution >= 4 is 17.7 Å². The lowest BCUT2D eigenvalue weighted by atomic mass is 9.93. The topological polar surface area (TPSA) is 99.8 Å². The van der Waals surface area contributed by atoms with Crippen molar-refractivity contribution in [1.82, 2.24) is 20.9 Å². The highest BCUT2D eigenvalue weighted by atomic mass is 16.5. The van der Waals surface area contributed by atoms with Gasteiger partial charge in [0, 0.05) is 50.9 Å². The normalized spacial score (nSPS) is 26.7. The monoisotopic (exact) mass is 400 g/mol. The van der Waals surface area contributed by atoms with E-state index in [1.807, 2.05) is 18.2 Å². The molecule has 0 saturated carbocycles. The van der Waals surface area contributed by atoms with Crippen LogP contribution in [0.4, 0.5) is 0 Å². The highest BCUT2D eigenvalue weighted by molar-refractivity contribution is 6.05. The number of fused-ring (bicyclic) bond motifs is 1. The first kappa shape index (κ1) is 20.0. The first-order valence-electron chi connectivity index (χ1n) is 10.2. The van der Waals surface area contributed by atoms with Crippen LogP contribution in [0.3, 0.4) is 0 Å². The molecular weight excluding hydrogens is 372 g/mol. The number of ether oxygens (including phenoxy) is 1. The lowest BCUT2D eigenvalue weighted by molar-refractivity contribution is -0.136. The fraction of sp³-hybridized carbons (Fsp3) is 0.571. The lowest BCUT2D eigenvalue weighted by Crippen LogP contribution is -2.52. The molecule has 0 bridgehead atoms. The molecule has 1 aromatic carbocycles. The van der Waals surface area contributed by atoms with Gasteiger partial charge in [-0.1, -0.05) is 18.2 Å². The third-order valence-electron chi connectivity index (χ3n) is 6.32. The van der Waals surface area contributed by atoms with Crippen molar-refractivity contribution in [3.8, 4) is 0 Å². The van der Waals surface area contributed by atoms with Crippen molar-refractivity contribution < 1.29 is 19.1 Å². The molecule has 156 valence electrons. The zero-order valence-corrected chi connectivity index (χ0v) is 16.8. The molecule has 2 unspecified atom stereocenters. The van der Waals surface area contributed by atoms with E-state index < -0.39 is 6.04 Å². The lowest BCUT2D eigenvalue weighted by Gasteiger charge is -2.30. The second kappa shape index (κ2) is 8.22. The van der Waals surface area contributed by atoms with Crippen LogP contribution >= 0.6 is 0 Å². The van der Waals surface area contributed by atoms with Crippen LogP contribution in [0.1, 0.15) is 47.2 Å². The minimum Gasteiger partial charge on any atom is -0.385 e. The predicted octanol–water partition coefficient (Wildman–Crippen LogP) is 0.306. The summed E-state index contributed by atoms with van der Waals surface area (Å²) in [5.41, 5.74) is 2.54. The molecule has 0 aromatic heterocycles. The zero-order chi connectivity index (χ0) is 20.4. The minimum absolute atomic E-state index is 0.0380. The van der Waals surface area contributed by atoms with Crippen LogP contribution < -0.4 is 16.0 Å². The summed E-state index contributed by atoms with van der Waals surface area (Å²) in [6, 6.07) is 5.30. The molecule has 3 aliphatic heterocycles. The molecular formula is C21H28N4O4. The average molecular weight is 400 g/mol. The quantitative estimate of drug-likeness (QED) is 0.570. The predicted molar refractivity (Wildman–Crippen MR) is 106 cm³/mol. The summed E-state index contributed by atoms with van der Waals surface area (Å²) in [4.78, 5) is 38.5. The van der Waals surface area contributed by atoms with Crippen LogP contribution in [-0.4, -0.2) is 61.0 Å². The van der Waals surface area contributed by atoms with Crippen molar-refractivity contribution in [2.24, 2.45) is 0 Å². The fourth-order valence-corrected chi connectivity index (χ4v) is 4.61. The third kappa shape index (κ3) is 3.92. The molecule has 3 amide bonds. The Bertz CT molecular complexity index is 819. The summed E-state index contributed by atoms with van der Waals surface area (Å²) in [5.74, 6) is -0.771. The summed E-state index contributed by atoms with van der Waals surface area (Å²) >= 11 is 0. The van der Waals surface area contributed by atoms with E-state index in [2.05, 4.69) is 16.0 Å². The summed E-state index contributed by atoms with van der Waals surface area (Å²) in [6.45, 7) is 3.52. The third-order valence-corrected chi connectivity index (χ3v) is 6.32. The highest BCUT2D eigenvalue weighted by Gasteiger charge is 2.40.